The number of anilines is 1. The maximum atomic E-state index is 12.4. The second kappa shape index (κ2) is 8.14. The van der Waals surface area contributed by atoms with E-state index in [0.29, 0.717) is 17.1 Å². The predicted molar refractivity (Wildman–Crippen MR) is 92.5 cm³/mol. The molecule has 7 heteroatoms. The Hall–Kier alpha value is -3.09. The molecule has 0 radical (unpaired) electrons. The van der Waals surface area contributed by atoms with E-state index in [9.17, 15) is 9.59 Å². The number of hydrogen-bond donors (Lipinski definition) is 2. The predicted octanol–water partition coefficient (Wildman–Crippen LogP) is 3.22. The van der Waals surface area contributed by atoms with Crippen LogP contribution in [-0.4, -0.2) is 35.2 Å². The Kier molecular flexibility index (Phi) is 5.94. The minimum atomic E-state index is -1.10. The lowest BCUT2D eigenvalue weighted by Crippen LogP contribution is -2.14. The summed E-state index contributed by atoms with van der Waals surface area (Å²) in [6.45, 7) is 3.92. The van der Waals surface area contributed by atoms with Gasteiger partial charge in [0.15, 0.2) is 0 Å². The number of hydrogen-bond acceptors (Lipinski definition) is 5. The molecule has 0 aliphatic carbocycles. The van der Waals surface area contributed by atoms with Crippen molar-refractivity contribution in [1.29, 1.82) is 0 Å². The smallest absolute Gasteiger partial charge is 0.339 e. The number of amides is 1. The van der Waals surface area contributed by atoms with Crippen molar-refractivity contribution >= 4 is 17.6 Å². The first kappa shape index (κ1) is 18.3. The molecular formula is C18H20N2O5. The number of aromatic carboxylic acids is 1. The first-order valence-electron chi connectivity index (χ1n) is 7.80. The van der Waals surface area contributed by atoms with E-state index >= 15 is 0 Å². The van der Waals surface area contributed by atoms with Gasteiger partial charge in [0.25, 0.3) is 5.91 Å². The molecule has 1 atom stereocenters. The lowest BCUT2D eigenvalue weighted by molar-refractivity contribution is 0.0693. The average molecular weight is 344 g/mol. The molecule has 132 valence electrons. The first-order valence-corrected chi connectivity index (χ1v) is 7.80. The van der Waals surface area contributed by atoms with Crippen molar-refractivity contribution < 1.29 is 24.2 Å². The van der Waals surface area contributed by atoms with Crippen LogP contribution in [0.4, 0.5) is 5.69 Å². The van der Waals surface area contributed by atoms with Crippen LogP contribution in [0, 0.1) is 0 Å². The number of carboxylic acids is 1. The molecule has 1 heterocycles. The molecular weight excluding hydrogens is 324 g/mol. The van der Waals surface area contributed by atoms with E-state index in [1.165, 1.54) is 31.5 Å². The summed E-state index contributed by atoms with van der Waals surface area (Å²) in [4.78, 5) is 27.6. The third-order valence-corrected chi connectivity index (χ3v) is 3.58. The SMILES string of the molecule is CCC(C)Oc1cc(C(=O)Nc2ccc(C(=O)O)c(OC)c2)ccn1. The van der Waals surface area contributed by atoms with Crippen molar-refractivity contribution in [3.05, 3.63) is 47.7 Å². The number of pyridine rings is 1. The minimum Gasteiger partial charge on any atom is -0.496 e. The lowest BCUT2D eigenvalue weighted by Gasteiger charge is -2.12. The minimum absolute atomic E-state index is 0.00126. The topological polar surface area (TPSA) is 97.8 Å². The van der Waals surface area contributed by atoms with Gasteiger partial charge >= 0.3 is 5.97 Å². The van der Waals surface area contributed by atoms with Crippen molar-refractivity contribution in [3.8, 4) is 11.6 Å². The van der Waals surface area contributed by atoms with Gasteiger partial charge in [-0.15, -0.1) is 0 Å². The summed E-state index contributed by atoms with van der Waals surface area (Å²) in [5.74, 6) is -0.918. The van der Waals surface area contributed by atoms with Crippen molar-refractivity contribution in [2.45, 2.75) is 26.4 Å². The largest absolute Gasteiger partial charge is 0.496 e. The van der Waals surface area contributed by atoms with Crippen LogP contribution in [0.3, 0.4) is 0 Å². The highest BCUT2D eigenvalue weighted by atomic mass is 16.5. The second-order valence-electron chi connectivity index (χ2n) is 5.39. The summed E-state index contributed by atoms with van der Waals surface area (Å²) in [5.41, 5.74) is 0.830. The molecule has 7 nitrogen and oxygen atoms in total. The molecule has 0 bridgehead atoms. The number of carbonyl (C=O) groups is 2. The van der Waals surface area contributed by atoms with E-state index in [0.717, 1.165) is 6.42 Å². The molecule has 25 heavy (non-hydrogen) atoms. The summed E-state index contributed by atoms with van der Waals surface area (Å²) in [5, 5.41) is 11.8. The Bertz CT molecular complexity index is 776. The molecule has 1 unspecified atom stereocenters. The number of carboxylic acid groups (broad SMARTS) is 1. The van der Waals surface area contributed by atoms with E-state index in [-0.39, 0.29) is 23.3 Å². The van der Waals surface area contributed by atoms with Crippen LogP contribution < -0.4 is 14.8 Å². The van der Waals surface area contributed by atoms with Gasteiger partial charge in [0.2, 0.25) is 5.88 Å². The molecule has 0 aliphatic rings. The Labute approximate surface area is 145 Å². The van der Waals surface area contributed by atoms with Gasteiger partial charge < -0.3 is 19.9 Å². The fourth-order valence-electron chi connectivity index (χ4n) is 2.05. The fourth-order valence-corrected chi connectivity index (χ4v) is 2.05. The standard InChI is InChI=1S/C18H20N2O5/c1-4-11(2)25-16-9-12(7-8-19-16)17(21)20-13-5-6-14(18(22)23)15(10-13)24-3/h5-11H,4H2,1-3H3,(H,20,21)(H,22,23). The molecule has 0 saturated heterocycles. The van der Waals surface area contributed by atoms with Crippen LogP contribution in [0.1, 0.15) is 41.0 Å². The average Bonchev–Trinajstić information content (AvgIpc) is 2.61. The van der Waals surface area contributed by atoms with Gasteiger partial charge in [0, 0.05) is 29.6 Å². The molecule has 2 aromatic rings. The van der Waals surface area contributed by atoms with Crippen molar-refractivity contribution in [3.63, 3.8) is 0 Å². The van der Waals surface area contributed by atoms with E-state index < -0.39 is 5.97 Å². The quantitative estimate of drug-likeness (QED) is 0.800. The summed E-state index contributed by atoms with van der Waals surface area (Å²) >= 11 is 0. The molecule has 1 amide bonds. The van der Waals surface area contributed by atoms with Crippen LogP contribution in [0.15, 0.2) is 36.5 Å². The zero-order valence-corrected chi connectivity index (χ0v) is 14.3. The van der Waals surface area contributed by atoms with Crippen LogP contribution >= 0.6 is 0 Å². The summed E-state index contributed by atoms with van der Waals surface area (Å²) in [6.07, 6.45) is 2.33. The van der Waals surface area contributed by atoms with Gasteiger partial charge in [0.05, 0.1) is 13.2 Å². The molecule has 1 aromatic heterocycles. The number of benzene rings is 1. The second-order valence-corrected chi connectivity index (χ2v) is 5.39. The Balaban J connectivity index is 2.17. The number of ether oxygens (including phenoxy) is 2. The first-order chi connectivity index (χ1) is 11.9. The van der Waals surface area contributed by atoms with Crippen molar-refractivity contribution in [2.75, 3.05) is 12.4 Å². The van der Waals surface area contributed by atoms with E-state index in [4.69, 9.17) is 14.6 Å². The number of carbonyl (C=O) groups excluding carboxylic acids is 1. The number of nitrogens with zero attached hydrogens (tertiary/aromatic N) is 1. The molecule has 0 aliphatic heterocycles. The number of methoxy groups -OCH3 is 1. The normalized spacial score (nSPS) is 11.5. The highest BCUT2D eigenvalue weighted by molar-refractivity contribution is 6.04. The van der Waals surface area contributed by atoms with Crippen LogP contribution in [0.2, 0.25) is 0 Å². The fraction of sp³-hybridized carbons (Fsp3) is 0.278. The Morgan fingerprint density at radius 3 is 2.68 bits per heavy atom. The third kappa shape index (κ3) is 4.69. The van der Waals surface area contributed by atoms with Crippen LogP contribution in [0.5, 0.6) is 11.6 Å². The van der Waals surface area contributed by atoms with Gasteiger partial charge in [0.1, 0.15) is 11.3 Å². The highest BCUT2D eigenvalue weighted by Crippen LogP contribution is 2.24. The Morgan fingerprint density at radius 2 is 2.04 bits per heavy atom. The number of aromatic nitrogens is 1. The molecule has 0 fully saturated rings. The van der Waals surface area contributed by atoms with Gasteiger partial charge in [-0.05, 0) is 31.5 Å². The van der Waals surface area contributed by atoms with Crippen LogP contribution in [-0.2, 0) is 0 Å². The van der Waals surface area contributed by atoms with Gasteiger partial charge in [-0.25, -0.2) is 9.78 Å². The molecule has 0 saturated carbocycles. The maximum absolute atomic E-state index is 12.4. The maximum Gasteiger partial charge on any atom is 0.339 e. The van der Waals surface area contributed by atoms with Crippen molar-refractivity contribution in [2.24, 2.45) is 0 Å². The number of nitrogens with one attached hydrogen (secondary N) is 1. The molecule has 2 rings (SSSR count). The van der Waals surface area contributed by atoms with Gasteiger partial charge in [-0.1, -0.05) is 6.92 Å². The monoisotopic (exact) mass is 344 g/mol. The van der Waals surface area contributed by atoms with E-state index in [1.807, 2.05) is 13.8 Å². The lowest BCUT2D eigenvalue weighted by atomic mass is 10.1. The van der Waals surface area contributed by atoms with E-state index in [1.54, 1.807) is 12.1 Å². The highest BCUT2D eigenvalue weighted by Gasteiger charge is 2.14. The Morgan fingerprint density at radius 1 is 1.28 bits per heavy atom. The molecule has 1 aromatic carbocycles. The summed E-state index contributed by atoms with van der Waals surface area (Å²) in [7, 11) is 1.37. The summed E-state index contributed by atoms with van der Waals surface area (Å²) < 4.78 is 10.7. The van der Waals surface area contributed by atoms with Crippen molar-refractivity contribution in [1.82, 2.24) is 4.98 Å². The zero-order valence-electron chi connectivity index (χ0n) is 14.3. The number of rotatable bonds is 7. The van der Waals surface area contributed by atoms with Crippen LogP contribution in [0.25, 0.3) is 0 Å². The van der Waals surface area contributed by atoms with E-state index in [2.05, 4.69) is 10.3 Å². The third-order valence-electron chi connectivity index (χ3n) is 3.58. The van der Waals surface area contributed by atoms with Gasteiger partial charge in [-0.2, -0.15) is 0 Å². The zero-order chi connectivity index (χ0) is 18.4. The molecule has 2 N–H and O–H groups in total. The summed E-state index contributed by atoms with van der Waals surface area (Å²) in [6, 6.07) is 7.47. The van der Waals surface area contributed by atoms with Gasteiger partial charge in [-0.3, -0.25) is 4.79 Å². The molecule has 0 spiro atoms.